The van der Waals surface area contributed by atoms with Gasteiger partial charge in [-0.15, -0.1) is 0 Å². The van der Waals surface area contributed by atoms with E-state index < -0.39 is 0 Å². The van der Waals surface area contributed by atoms with Gasteiger partial charge in [0.1, 0.15) is 12.4 Å². The van der Waals surface area contributed by atoms with E-state index in [2.05, 4.69) is 23.5 Å². The zero-order valence-corrected chi connectivity index (χ0v) is 10.7. The molecule has 0 saturated carbocycles. The highest BCUT2D eigenvalue weighted by molar-refractivity contribution is 5.43. The summed E-state index contributed by atoms with van der Waals surface area (Å²) >= 11 is 0. The van der Waals surface area contributed by atoms with E-state index in [1.807, 2.05) is 7.05 Å². The molecule has 1 aliphatic carbocycles. The molecule has 3 nitrogen and oxygen atoms in total. The summed E-state index contributed by atoms with van der Waals surface area (Å²) in [5, 5.41) is 3.37. The molecule has 3 heteroatoms. The highest BCUT2D eigenvalue weighted by Gasteiger charge is 2.21. The molecule has 1 aliphatic rings. The highest BCUT2D eigenvalue weighted by atomic mass is 16.5. The first-order chi connectivity index (χ1) is 8.36. The number of ether oxygens (including phenoxy) is 2. The van der Waals surface area contributed by atoms with Crippen molar-refractivity contribution in [2.45, 2.75) is 25.3 Å². The predicted octanol–water partition coefficient (Wildman–Crippen LogP) is 2.31. The van der Waals surface area contributed by atoms with Crippen LogP contribution >= 0.6 is 0 Å². The molecule has 1 aromatic carbocycles. The quantitative estimate of drug-likeness (QED) is 0.794. The fraction of sp³-hybridized carbons (Fsp3) is 0.571. The summed E-state index contributed by atoms with van der Waals surface area (Å²) < 4.78 is 10.8. The molecule has 1 atom stereocenters. The Kier molecular flexibility index (Phi) is 4.40. The highest BCUT2D eigenvalue weighted by Crippen LogP contribution is 2.34. The first-order valence-electron chi connectivity index (χ1n) is 6.27. The van der Waals surface area contributed by atoms with Crippen molar-refractivity contribution >= 4 is 0 Å². The van der Waals surface area contributed by atoms with Gasteiger partial charge >= 0.3 is 0 Å². The van der Waals surface area contributed by atoms with Crippen LogP contribution in [0.25, 0.3) is 0 Å². The van der Waals surface area contributed by atoms with Crippen molar-refractivity contribution in [2.75, 3.05) is 27.4 Å². The Balaban J connectivity index is 2.17. The number of hydrogen-bond acceptors (Lipinski definition) is 3. The summed E-state index contributed by atoms with van der Waals surface area (Å²) in [6.45, 7) is 1.26. The Labute approximate surface area is 103 Å². The second-order valence-corrected chi connectivity index (χ2v) is 4.40. The van der Waals surface area contributed by atoms with E-state index in [4.69, 9.17) is 9.47 Å². The van der Waals surface area contributed by atoms with Crippen LogP contribution in [0.4, 0.5) is 0 Å². The maximum absolute atomic E-state index is 5.78. The van der Waals surface area contributed by atoms with Gasteiger partial charge in [0, 0.05) is 13.2 Å². The average molecular weight is 235 g/mol. The third-order valence-corrected chi connectivity index (χ3v) is 3.36. The van der Waals surface area contributed by atoms with Crippen LogP contribution in [0.5, 0.6) is 5.75 Å². The van der Waals surface area contributed by atoms with Crippen LogP contribution in [0.1, 0.15) is 30.0 Å². The smallest absolute Gasteiger partial charge is 0.122 e. The Morgan fingerprint density at radius 2 is 2.24 bits per heavy atom. The number of benzene rings is 1. The maximum Gasteiger partial charge on any atom is 0.122 e. The van der Waals surface area contributed by atoms with E-state index in [1.54, 1.807) is 7.11 Å². The summed E-state index contributed by atoms with van der Waals surface area (Å²) in [6, 6.07) is 6.83. The third kappa shape index (κ3) is 2.79. The normalized spacial score (nSPS) is 18.8. The molecule has 1 unspecified atom stereocenters. The lowest BCUT2D eigenvalue weighted by Crippen LogP contribution is -2.22. The maximum atomic E-state index is 5.78. The summed E-state index contributed by atoms with van der Waals surface area (Å²) in [5.41, 5.74) is 2.77. The predicted molar refractivity (Wildman–Crippen MR) is 68.6 cm³/mol. The van der Waals surface area contributed by atoms with Gasteiger partial charge in [-0.3, -0.25) is 0 Å². The van der Waals surface area contributed by atoms with Gasteiger partial charge in [0.15, 0.2) is 0 Å². The van der Waals surface area contributed by atoms with E-state index in [0.717, 1.165) is 12.2 Å². The van der Waals surface area contributed by atoms with Gasteiger partial charge in [0.05, 0.1) is 6.61 Å². The van der Waals surface area contributed by atoms with E-state index in [1.165, 1.54) is 24.0 Å². The largest absolute Gasteiger partial charge is 0.491 e. The minimum Gasteiger partial charge on any atom is -0.491 e. The van der Waals surface area contributed by atoms with Crippen LogP contribution in [-0.2, 0) is 11.2 Å². The average Bonchev–Trinajstić information content (AvgIpc) is 2.38. The molecule has 0 aliphatic heterocycles. The second kappa shape index (κ2) is 6.03. The first kappa shape index (κ1) is 12.4. The van der Waals surface area contributed by atoms with Crippen LogP contribution in [0.15, 0.2) is 18.2 Å². The van der Waals surface area contributed by atoms with Gasteiger partial charge in [0.2, 0.25) is 0 Å². The number of hydrogen-bond donors (Lipinski definition) is 1. The molecule has 0 aromatic heterocycles. The van der Waals surface area contributed by atoms with Crippen molar-refractivity contribution in [1.29, 1.82) is 0 Å². The lowest BCUT2D eigenvalue weighted by atomic mass is 9.87. The molecule has 0 bridgehead atoms. The van der Waals surface area contributed by atoms with E-state index >= 15 is 0 Å². The molecule has 0 heterocycles. The van der Waals surface area contributed by atoms with Gasteiger partial charge < -0.3 is 14.8 Å². The number of rotatable bonds is 5. The molecule has 0 saturated heterocycles. The number of fused-ring (bicyclic) bond motifs is 1. The minimum absolute atomic E-state index is 0.477. The van der Waals surface area contributed by atoms with Crippen molar-refractivity contribution in [3.63, 3.8) is 0 Å². The molecule has 94 valence electrons. The third-order valence-electron chi connectivity index (χ3n) is 3.36. The number of nitrogens with one attached hydrogen (secondary N) is 1. The topological polar surface area (TPSA) is 30.5 Å². The molecule has 0 amide bonds. The van der Waals surface area contributed by atoms with Crippen molar-refractivity contribution in [3.05, 3.63) is 29.3 Å². The van der Waals surface area contributed by atoms with Crippen molar-refractivity contribution in [3.8, 4) is 5.75 Å². The SMILES string of the molecule is CNC1CCCc2c(OCCOC)cccc21. The van der Waals surface area contributed by atoms with E-state index in [-0.39, 0.29) is 0 Å². The zero-order chi connectivity index (χ0) is 12.1. The van der Waals surface area contributed by atoms with Gasteiger partial charge in [-0.2, -0.15) is 0 Å². The van der Waals surface area contributed by atoms with Gasteiger partial charge in [-0.1, -0.05) is 12.1 Å². The van der Waals surface area contributed by atoms with Crippen molar-refractivity contribution < 1.29 is 9.47 Å². The van der Waals surface area contributed by atoms with Gasteiger partial charge in [0.25, 0.3) is 0 Å². The van der Waals surface area contributed by atoms with Crippen LogP contribution in [-0.4, -0.2) is 27.4 Å². The fourth-order valence-corrected chi connectivity index (χ4v) is 2.49. The molecule has 1 aromatic rings. The molecule has 17 heavy (non-hydrogen) atoms. The van der Waals surface area contributed by atoms with Crippen LogP contribution in [0, 0.1) is 0 Å². The summed E-state index contributed by atoms with van der Waals surface area (Å²) in [5.74, 6) is 1.03. The van der Waals surface area contributed by atoms with Gasteiger partial charge in [-0.25, -0.2) is 0 Å². The van der Waals surface area contributed by atoms with E-state index in [0.29, 0.717) is 19.3 Å². The van der Waals surface area contributed by atoms with E-state index in [9.17, 15) is 0 Å². The molecule has 0 spiro atoms. The lowest BCUT2D eigenvalue weighted by Gasteiger charge is -2.26. The fourth-order valence-electron chi connectivity index (χ4n) is 2.49. The summed E-state index contributed by atoms with van der Waals surface area (Å²) in [7, 11) is 3.72. The van der Waals surface area contributed by atoms with Gasteiger partial charge in [-0.05, 0) is 43.5 Å². The molecule has 0 radical (unpaired) electrons. The monoisotopic (exact) mass is 235 g/mol. The second-order valence-electron chi connectivity index (χ2n) is 4.40. The van der Waals surface area contributed by atoms with Crippen LogP contribution in [0.3, 0.4) is 0 Å². The molecule has 0 fully saturated rings. The molecular weight excluding hydrogens is 214 g/mol. The molecule has 2 rings (SSSR count). The lowest BCUT2D eigenvalue weighted by molar-refractivity contribution is 0.145. The minimum atomic E-state index is 0.477. The summed E-state index contributed by atoms with van der Waals surface area (Å²) in [4.78, 5) is 0. The first-order valence-corrected chi connectivity index (χ1v) is 6.27. The van der Waals surface area contributed by atoms with Crippen LogP contribution in [0.2, 0.25) is 0 Å². The molecule has 1 N–H and O–H groups in total. The Morgan fingerprint density at radius 1 is 1.35 bits per heavy atom. The zero-order valence-electron chi connectivity index (χ0n) is 10.7. The van der Waals surface area contributed by atoms with Crippen molar-refractivity contribution in [2.24, 2.45) is 0 Å². The van der Waals surface area contributed by atoms with Crippen LogP contribution < -0.4 is 10.1 Å². The Hall–Kier alpha value is -1.06. The Bertz CT molecular complexity index is 365. The number of methoxy groups -OCH3 is 1. The Morgan fingerprint density at radius 3 is 3.00 bits per heavy atom. The summed E-state index contributed by atoms with van der Waals surface area (Å²) in [6.07, 6.45) is 3.56. The molecular formula is C14H21NO2. The standard InChI is InChI=1S/C14H21NO2/c1-15-13-7-3-6-12-11(13)5-4-8-14(12)17-10-9-16-2/h4-5,8,13,15H,3,6-7,9-10H2,1-2H3. The van der Waals surface area contributed by atoms with Crippen molar-refractivity contribution in [1.82, 2.24) is 5.32 Å².